The van der Waals surface area contributed by atoms with Gasteiger partial charge in [-0.15, -0.1) is 0 Å². The van der Waals surface area contributed by atoms with Crippen molar-refractivity contribution >= 4 is 6.03 Å². The molecule has 2 amide bonds. The predicted octanol–water partition coefficient (Wildman–Crippen LogP) is 2.19. The second-order valence-electron chi connectivity index (χ2n) is 6.77. The van der Waals surface area contributed by atoms with E-state index < -0.39 is 0 Å². The number of hydrogen-bond donors (Lipinski definition) is 2. The number of hydrogen-bond acceptors (Lipinski definition) is 2. The third-order valence-electron chi connectivity index (χ3n) is 3.47. The highest BCUT2D eigenvalue weighted by Gasteiger charge is 2.28. The maximum Gasteiger partial charge on any atom is 0.314 e. The minimum atomic E-state index is -0.279. The van der Waals surface area contributed by atoms with Gasteiger partial charge in [0.05, 0.1) is 0 Å². The highest BCUT2D eigenvalue weighted by atomic mass is 16.2. The van der Waals surface area contributed by atoms with Crippen LogP contribution in [0.3, 0.4) is 0 Å². The lowest BCUT2D eigenvalue weighted by Crippen LogP contribution is -2.53. The van der Waals surface area contributed by atoms with Gasteiger partial charge in [-0.05, 0) is 24.2 Å². The van der Waals surface area contributed by atoms with Crippen molar-refractivity contribution in [2.45, 2.75) is 53.0 Å². The van der Waals surface area contributed by atoms with Crippen LogP contribution in [-0.4, -0.2) is 36.6 Å². The topological polar surface area (TPSA) is 58.4 Å². The van der Waals surface area contributed by atoms with E-state index >= 15 is 0 Å². The Morgan fingerprint density at radius 1 is 1.39 bits per heavy atom. The van der Waals surface area contributed by atoms with Gasteiger partial charge in [-0.3, -0.25) is 0 Å². The van der Waals surface area contributed by atoms with Crippen LogP contribution in [0, 0.1) is 11.3 Å². The van der Waals surface area contributed by atoms with Gasteiger partial charge in [0.25, 0.3) is 0 Å². The van der Waals surface area contributed by atoms with E-state index in [1.807, 2.05) is 0 Å². The lowest BCUT2D eigenvalue weighted by molar-refractivity contribution is 0.144. The van der Waals surface area contributed by atoms with Gasteiger partial charge >= 0.3 is 6.03 Å². The van der Waals surface area contributed by atoms with E-state index in [4.69, 9.17) is 5.73 Å². The highest BCUT2D eigenvalue weighted by molar-refractivity contribution is 5.72. The molecule has 2 atom stereocenters. The average Bonchev–Trinajstić information content (AvgIpc) is 2.25. The zero-order valence-electron chi connectivity index (χ0n) is 12.3. The number of amides is 2. The number of rotatable bonds is 4. The first-order chi connectivity index (χ1) is 8.31. The van der Waals surface area contributed by atoms with Crippen LogP contribution in [0.4, 0.5) is 4.79 Å². The van der Waals surface area contributed by atoms with Gasteiger partial charge in [0.2, 0.25) is 0 Å². The van der Waals surface area contributed by atoms with Crippen molar-refractivity contribution in [1.82, 2.24) is 10.2 Å². The maximum absolute atomic E-state index is 11.4. The third-order valence-corrected chi connectivity index (χ3v) is 3.47. The van der Waals surface area contributed by atoms with E-state index in [0.29, 0.717) is 12.0 Å². The van der Waals surface area contributed by atoms with Gasteiger partial charge < -0.3 is 16.0 Å². The molecule has 0 spiro atoms. The van der Waals surface area contributed by atoms with Crippen molar-refractivity contribution < 1.29 is 4.79 Å². The fourth-order valence-electron chi connectivity index (χ4n) is 2.60. The fourth-order valence-corrected chi connectivity index (χ4v) is 2.60. The summed E-state index contributed by atoms with van der Waals surface area (Å²) in [5.74, 6) is 0.591. The van der Waals surface area contributed by atoms with Gasteiger partial charge in [-0.2, -0.15) is 0 Å². The van der Waals surface area contributed by atoms with Crippen LogP contribution in [0.2, 0.25) is 0 Å². The van der Waals surface area contributed by atoms with Crippen LogP contribution in [0.1, 0.15) is 47.0 Å². The van der Waals surface area contributed by atoms with E-state index in [1.54, 1.807) is 4.90 Å². The zero-order chi connectivity index (χ0) is 13.8. The minimum absolute atomic E-state index is 0.273. The van der Waals surface area contributed by atoms with Gasteiger partial charge in [-0.25, -0.2) is 4.79 Å². The first-order valence-electron chi connectivity index (χ1n) is 7.09. The Labute approximate surface area is 111 Å². The molecule has 1 heterocycles. The first kappa shape index (κ1) is 15.3. The molecule has 0 aromatic rings. The molecule has 1 aliphatic rings. The number of piperidine rings is 1. The summed E-state index contributed by atoms with van der Waals surface area (Å²) >= 11 is 0. The maximum atomic E-state index is 11.4. The molecular weight excluding hydrogens is 226 g/mol. The molecule has 0 aliphatic carbocycles. The molecule has 1 saturated heterocycles. The van der Waals surface area contributed by atoms with Crippen molar-refractivity contribution in [3.8, 4) is 0 Å². The smallest absolute Gasteiger partial charge is 0.314 e. The summed E-state index contributed by atoms with van der Waals surface area (Å²) in [5, 5.41) is 3.59. The van der Waals surface area contributed by atoms with Crippen molar-refractivity contribution in [2.75, 3.05) is 19.6 Å². The molecule has 0 aromatic heterocycles. The summed E-state index contributed by atoms with van der Waals surface area (Å²) in [6.45, 7) is 11.4. The lowest BCUT2D eigenvalue weighted by atomic mass is 9.89. The number of nitrogens with zero attached hydrogens (tertiary/aromatic N) is 1. The number of nitrogens with one attached hydrogen (secondary N) is 1. The molecule has 1 aliphatic heterocycles. The molecule has 2 unspecified atom stereocenters. The van der Waals surface area contributed by atoms with Gasteiger partial charge in [0, 0.05) is 25.7 Å². The zero-order valence-corrected chi connectivity index (χ0v) is 12.3. The Balaban J connectivity index is 2.53. The van der Waals surface area contributed by atoms with Crippen LogP contribution in [0.15, 0.2) is 0 Å². The largest absolute Gasteiger partial charge is 0.351 e. The molecule has 0 saturated carbocycles. The Hall–Kier alpha value is -0.770. The number of urea groups is 1. The molecule has 1 fully saturated rings. The van der Waals surface area contributed by atoms with E-state index in [1.165, 1.54) is 12.8 Å². The van der Waals surface area contributed by atoms with Crippen molar-refractivity contribution in [3.05, 3.63) is 0 Å². The Kier molecular flexibility index (Phi) is 5.45. The molecule has 18 heavy (non-hydrogen) atoms. The summed E-state index contributed by atoms with van der Waals surface area (Å²) < 4.78 is 0. The summed E-state index contributed by atoms with van der Waals surface area (Å²) in [6.07, 6.45) is 3.51. The highest BCUT2D eigenvalue weighted by Crippen LogP contribution is 2.22. The van der Waals surface area contributed by atoms with E-state index in [0.717, 1.165) is 26.1 Å². The van der Waals surface area contributed by atoms with Crippen LogP contribution in [0.5, 0.6) is 0 Å². The second kappa shape index (κ2) is 6.41. The molecule has 1 rings (SSSR count). The summed E-state index contributed by atoms with van der Waals surface area (Å²) in [4.78, 5) is 13.2. The predicted molar refractivity (Wildman–Crippen MR) is 75.4 cm³/mol. The van der Waals surface area contributed by atoms with Gasteiger partial charge in [0.15, 0.2) is 0 Å². The molecule has 0 aromatic carbocycles. The summed E-state index contributed by atoms with van der Waals surface area (Å²) in [7, 11) is 0. The lowest BCUT2D eigenvalue weighted by Gasteiger charge is -2.38. The third kappa shape index (κ3) is 5.25. The van der Waals surface area contributed by atoms with Crippen LogP contribution in [-0.2, 0) is 0 Å². The average molecular weight is 255 g/mol. The Morgan fingerprint density at radius 2 is 2.06 bits per heavy atom. The van der Waals surface area contributed by atoms with Crippen molar-refractivity contribution in [3.63, 3.8) is 0 Å². The number of primary amides is 1. The Morgan fingerprint density at radius 3 is 2.56 bits per heavy atom. The van der Waals surface area contributed by atoms with E-state index in [9.17, 15) is 4.79 Å². The molecular formula is C14H29N3O. The molecule has 0 radical (unpaired) electrons. The number of nitrogens with two attached hydrogens (primary N) is 1. The summed E-state index contributed by atoms with van der Waals surface area (Å²) in [6, 6.07) is 0.111. The number of carbonyl (C=O) groups excluding carboxylic acids is 1. The van der Waals surface area contributed by atoms with Gasteiger partial charge in [0.1, 0.15) is 0 Å². The minimum Gasteiger partial charge on any atom is -0.351 e. The standard InChI is InChI=1S/C14H29N3O/c1-5-6-11-7-12(16-10-14(2,3)4)9-17(8-11)13(15)18/h11-12,16H,5-10H2,1-4H3,(H2,15,18). The quantitative estimate of drug-likeness (QED) is 0.809. The van der Waals surface area contributed by atoms with E-state index in [-0.39, 0.29) is 11.4 Å². The molecule has 4 nitrogen and oxygen atoms in total. The Bertz CT molecular complexity index is 273. The summed E-state index contributed by atoms with van der Waals surface area (Å²) in [5.41, 5.74) is 5.70. The SMILES string of the molecule is CCCC1CC(NCC(C)(C)C)CN(C(N)=O)C1. The normalized spacial score (nSPS) is 25.2. The number of likely N-dealkylation sites (tertiary alicyclic amines) is 1. The van der Waals surface area contributed by atoms with Crippen LogP contribution < -0.4 is 11.1 Å². The van der Waals surface area contributed by atoms with E-state index in [2.05, 4.69) is 33.0 Å². The molecule has 106 valence electrons. The number of carbonyl (C=O) groups is 1. The van der Waals surface area contributed by atoms with Crippen LogP contribution >= 0.6 is 0 Å². The van der Waals surface area contributed by atoms with Crippen molar-refractivity contribution in [2.24, 2.45) is 17.1 Å². The molecule has 3 N–H and O–H groups in total. The molecule has 4 heteroatoms. The van der Waals surface area contributed by atoms with Crippen molar-refractivity contribution in [1.29, 1.82) is 0 Å². The van der Waals surface area contributed by atoms with Gasteiger partial charge in [-0.1, -0.05) is 34.1 Å². The fraction of sp³-hybridized carbons (Fsp3) is 0.929. The monoisotopic (exact) mass is 255 g/mol. The van der Waals surface area contributed by atoms with Crippen LogP contribution in [0.25, 0.3) is 0 Å². The second-order valence-corrected chi connectivity index (χ2v) is 6.77. The molecule has 0 bridgehead atoms. The first-order valence-corrected chi connectivity index (χ1v) is 7.09.